The molecule has 0 spiro atoms. The molecule has 2 nitrogen and oxygen atoms in total. The van der Waals surface area contributed by atoms with Crippen LogP contribution in [0.4, 0.5) is 0 Å². The SMILES string of the molecule is CCCCNCCN.[Na]. The van der Waals surface area contributed by atoms with Crippen LogP contribution < -0.4 is 11.1 Å². The average Bonchev–Trinajstić information content (AvgIpc) is 1.81. The number of hydrogen-bond donors (Lipinski definition) is 2. The van der Waals surface area contributed by atoms with Crippen LogP contribution in [0.5, 0.6) is 0 Å². The molecule has 0 aromatic carbocycles. The van der Waals surface area contributed by atoms with Gasteiger partial charge in [0.1, 0.15) is 0 Å². The van der Waals surface area contributed by atoms with E-state index in [1.54, 1.807) is 0 Å². The van der Waals surface area contributed by atoms with Crippen molar-refractivity contribution in [1.29, 1.82) is 0 Å². The van der Waals surface area contributed by atoms with Crippen molar-refractivity contribution in [2.75, 3.05) is 19.6 Å². The van der Waals surface area contributed by atoms with E-state index in [1.165, 1.54) is 12.8 Å². The number of nitrogens with one attached hydrogen (secondary N) is 1. The minimum atomic E-state index is 0. The molecule has 0 heterocycles. The van der Waals surface area contributed by atoms with Crippen LogP contribution in [0.3, 0.4) is 0 Å². The fourth-order valence-corrected chi connectivity index (χ4v) is 0.529. The zero-order valence-corrected chi connectivity index (χ0v) is 8.61. The third-order valence-electron chi connectivity index (χ3n) is 1.03. The Morgan fingerprint density at radius 3 is 2.44 bits per heavy atom. The summed E-state index contributed by atoms with van der Waals surface area (Å²) < 4.78 is 0. The molecule has 0 fully saturated rings. The maximum Gasteiger partial charge on any atom is 0.00745 e. The molecule has 0 atom stereocenters. The van der Waals surface area contributed by atoms with Crippen molar-refractivity contribution < 1.29 is 0 Å². The minimum absolute atomic E-state index is 0. The summed E-state index contributed by atoms with van der Waals surface area (Å²) in [7, 11) is 0. The van der Waals surface area contributed by atoms with Crippen molar-refractivity contribution in [2.24, 2.45) is 5.73 Å². The summed E-state index contributed by atoms with van der Waals surface area (Å²) in [4.78, 5) is 0. The summed E-state index contributed by atoms with van der Waals surface area (Å²) in [6, 6.07) is 0. The monoisotopic (exact) mass is 139 g/mol. The zero-order valence-electron chi connectivity index (χ0n) is 6.61. The van der Waals surface area contributed by atoms with E-state index >= 15 is 0 Å². The van der Waals surface area contributed by atoms with Crippen LogP contribution >= 0.6 is 0 Å². The first kappa shape index (κ1) is 12.6. The van der Waals surface area contributed by atoms with Crippen LogP contribution in [-0.4, -0.2) is 49.2 Å². The molecule has 0 bridgehead atoms. The Morgan fingerprint density at radius 2 is 2.00 bits per heavy atom. The van der Waals surface area contributed by atoms with Gasteiger partial charge >= 0.3 is 0 Å². The van der Waals surface area contributed by atoms with Crippen LogP contribution in [0, 0.1) is 0 Å². The van der Waals surface area contributed by atoms with Crippen LogP contribution in [0.1, 0.15) is 19.8 Å². The Hall–Kier alpha value is 0.920. The number of hydrogen-bond acceptors (Lipinski definition) is 2. The van der Waals surface area contributed by atoms with Crippen LogP contribution in [0.2, 0.25) is 0 Å². The van der Waals surface area contributed by atoms with Gasteiger partial charge in [-0.2, -0.15) is 0 Å². The van der Waals surface area contributed by atoms with E-state index in [0.717, 1.165) is 19.6 Å². The van der Waals surface area contributed by atoms with Gasteiger partial charge in [-0.1, -0.05) is 13.3 Å². The molecule has 9 heavy (non-hydrogen) atoms. The first-order chi connectivity index (χ1) is 3.91. The van der Waals surface area contributed by atoms with E-state index in [0.29, 0.717) is 0 Å². The van der Waals surface area contributed by atoms with Gasteiger partial charge in [-0.05, 0) is 13.0 Å². The second-order valence-corrected chi connectivity index (χ2v) is 1.89. The van der Waals surface area contributed by atoms with Crippen LogP contribution in [0.25, 0.3) is 0 Å². The molecule has 0 rings (SSSR count). The fraction of sp³-hybridized carbons (Fsp3) is 1.00. The molecular formula is C6H16N2Na. The average molecular weight is 139 g/mol. The summed E-state index contributed by atoms with van der Waals surface area (Å²) in [6.45, 7) is 5.02. The standard InChI is InChI=1S/C6H16N2.Na/c1-2-3-5-8-6-4-7;/h8H,2-7H2,1H3;. The maximum absolute atomic E-state index is 5.25. The molecule has 0 aromatic heterocycles. The first-order valence-electron chi connectivity index (χ1n) is 3.32. The molecule has 1 radical (unpaired) electrons. The Kier molecular flexibility index (Phi) is 16.3. The third kappa shape index (κ3) is 12.2. The quantitative estimate of drug-likeness (QED) is 0.414. The van der Waals surface area contributed by atoms with Gasteiger partial charge in [-0.3, -0.25) is 0 Å². The molecule has 0 unspecified atom stereocenters. The molecule has 51 valence electrons. The Balaban J connectivity index is 0. The van der Waals surface area contributed by atoms with E-state index in [4.69, 9.17) is 5.73 Å². The van der Waals surface area contributed by atoms with E-state index in [-0.39, 0.29) is 29.6 Å². The van der Waals surface area contributed by atoms with E-state index in [1.807, 2.05) is 0 Å². The molecule has 0 aromatic rings. The van der Waals surface area contributed by atoms with Gasteiger partial charge in [0.25, 0.3) is 0 Å². The molecule has 3 heteroatoms. The molecule has 0 saturated heterocycles. The number of rotatable bonds is 5. The summed E-state index contributed by atoms with van der Waals surface area (Å²) >= 11 is 0. The number of nitrogens with two attached hydrogens (primary N) is 1. The van der Waals surface area contributed by atoms with E-state index < -0.39 is 0 Å². The number of unbranched alkanes of at least 4 members (excludes halogenated alkanes) is 1. The Bertz CT molecular complexity index is 36.0. The van der Waals surface area contributed by atoms with E-state index in [9.17, 15) is 0 Å². The summed E-state index contributed by atoms with van der Waals surface area (Å²) in [6.07, 6.45) is 2.53. The Labute approximate surface area is 79.9 Å². The maximum atomic E-state index is 5.25. The van der Waals surface area contributed by atoms with E-state index in [2.05, 4.69) is 12.2 Å². The molecular weight excluding hydrogens is 123 g/mol. The molecule has 0 amide bonds. The molecule has 0 aliphatic rings. The van der Waals surface area contributed by atoms with Gasteiger partial charge < -0.3 is 11.1 Å². The predicted molar refractivity (Wildman–Crippen MR) is 42.6 cm³/mol. The van der Waals surface area contributed by atoms with Crippen LogP contribution in [-0.2, 0) is 0 Å². The van der Waals surface area contributed by atoms with Crippen molar-refractivity contribution in [1.82, 2.24) is 5.32 Å². The van der Waals surface area contributed by atoms with Crippen molar-refractivity contribution >= 4 is 29.6 Å². The van der Waals surface area contributed by atoms with Crippen molar-refractivity contribution in [3.8, 4) is 0 Å². The summed E-state index contributed by atoms with van der Waals surface area (Å²) in [5.41, 5.74) is 5.25. The molecule has 0 aliphatic heterocycles. The molecule has 3 N–H and O–H groups in total. The second kappa shape index (κ2) is 11.7. The second-order valence-electron chi connectivity index (χ2n) is 1.89. The largest absolute Gasteiger partial charge is 0.329 e. The third-order valence-corrected chi connectivity index (χ3v) is 1.03. The normalized spacial score (nSPS) is 8.67. The molecule has 0 saturated carbocycles. The van der Waals surface area contributed by atoms with Crippen molar-refractivity contribution in [3.05, 3.63) is 0 Å². The fourth-order valence-electron chi connectivity index (χ4n) is 0.529. The first-order valence-corrected chi connectivity index (χ1v) is 3.32. The van der Waals surface area contributed by atoms with Crippen molar-refractivity contribution in [3.63, 3.8) is 0 Å². The summed E-state index contributed by atoms with van der Waals surface area (Å²) in [5, 5.41) is 3.21. The van der Waals surface area contributed by atoms with Gasteiger partial charge in [0.15, 0.2) is 0 Å². The predicted octanol–water partition coefficient (Wildman–Crippen LogP) is -0.0460. The van der Waals surface area contributed by atoms with Gasteiger partial charge in [0.2, 0.25) is 0 Å². The van der Waals surface area contributed by atoms with Gasteiger partial charge in [-0.15, -0.1) is 0 Å². The Morgan fingerprint density at radius 1 is 1.33 bits per heavy atom. The topological polar surface area (TPSA) is 38.0 Å². The van der Waals surface area contributed by atoms with Gasteiger partial charge in [-0.25, -0.2) is 0 Å². The van der Waals surface area contributed by atoms with Gasteiger partial charge in [0, 0.05) is 42.6 Å². The van der Waals surface area contributed by atoms with Crippen molar-refractivity contribution in [2.45, 2.75) is 19.8 Å². The summed E-state index contributed by atoms with van der Waals surface area (Å²) in [5.74, 6) is 0. The zero-order chi connectivity index (χ0) is 6.24. The van der Waals surface area contributed by atoms with Crippen LogP contribution in [0.15, 0.2) is 0 Å². The van der Waals surface area contributed by atoms with Gasteiger partial charge in [0.05, 0.1) is 0 Å². The smallest absolute Gasteiger partial charge is 0.00745 e. The molecule has 0 aliphatic carbocycles. The minimum Gasteiger partial charge on any atom is -0.329 e.